The molecule has 0 amide bonds. The van der Waals surface area contributed by atoms with E-state index >= 15 is 0 Å². The second-order valence-corrected chi connectivity index (χ2v) is 7.10. The summed E-state index contributed by atoms with van der Waals surface area (Å²) in [6.45, 7) is 2.15. The zero-order chi connectivity index (χ0) is 18.5. The van der Waals surface area contributed by atoms with E-state index in [0.29, 0.717) is 0 Å². The van der Waals surface area contributed by atoms with Crippen molar-refractivity contribution >= 4 is 0 Å². The van der Waals surface area contributed by atoms with Gasteiger partial charge in [-0.05, 0) is 29.2 Å². The lowest BCUT2D eigenvalue weighted by Gasteiger charge is -2.29. The van der Waals surface area contributed by atoms with Crippen LogP contribution in [0.2, 0.25) is 0 Å². The third kappa shape index (κ3) is 3.85. The number of aryl methyl sites for hydroxylation is 1. The lowest BCUT2D eigenvalue weighted by atomic mass is 9.74. The van der Waals surface area contributed by atoms with Crippen molar-refractivity contribution in [2.45, 2.75) is 18.8 Å². The summed E-state index contributed by atoms with van der Waals surface area (Å²) in [7, 11) is 0. The summed E-state index contributed by atoms with van der Waals surface area (Å²) >= 11 is 0. The Morgan fingerprint density at radius 2 is 0.667 bits per heavy atom. The van der Waals surface area contributed by atoms with Crippen LogP contribution in [0.25, 0.3) is 0 Å². The molecule has 0 aromatic heterocycles. The van der Waals surface area contributed by atoms with Crippen LogP contribution in [-0.4, -0.2) is 0 Å². The van der Waals surface area contributed by atoms with Gasteiger partial charge in [-0.15, -0.1) is 0 Å². The van der Waals surface area contributed by atoms with Crippen LogP contribution < -0.4 is 0 Å². The van der Waals surface area contributed by atoms with Crippen LogP contribution in [0.4, 0.5) is 0 Å². The number of hydrogen-bond donors (Lipinski definition) is 0. The quantitative estimate of drug-likeness (QED) is 0.366. The van der Waals surface area contributed by atoms with E-state index in [4.69, 9.17) is 0 Å². The summed E-state index contributed by atoms with van der Waals surface area (Å²) < 4.78 is 0. The minimum absolute atomic E-state index is 0.261. The van der Waals surface area contributed by atoms with E-state index in [1.165, 1.54) is 27.8 Å². The van der Waals surface area contributed by atoms with Gasteiger partial charge in [0, 0.05) is 11.8 Å². The number of hydrogen-bond acceptors (Lipinski definition) is 0. The van der Waals surface area contributed by atoms with Crippen molar-refractivity contribution in [3.63, 3.8) is 0 Å². The Morgan fingerprint density at radius 3 is 1.00 bits per heavy atom. The summed E-state index contributed by atoms with van der Waals surface area (Å²) in [4.78, 5) is 0. The Bertz CT molecular complexity index is 915. The van der Waals surface area contributed by atoms with Crippen LogP contribution >= 0.6 is 0 Å². The van der Waals surface area contributed by atoms with Crippen LogP contribution in [0.3, 0.4) is 0 Å². The summed E-state index contributed by atoms with van der Waals surface area (Å²) in [5.74, 6) is 0.522. The molecule has 0 N–H and O–H groups in total. The molecule has 27 heavy (non-hydrogen) atoms. The van der Waals surface area contributed by atoms with Gasteiger partial charge < -0.3 is 0 Å². The fraction of sp³-hybridized carbons (Fsp3) is 0.111. The molecular formula is C27H24. The van der Waals surface area contributed by atoms with Gasteiger partial charge in [-0.25, -0.2) is 0 Å². The van der Waals surface area contributed by atoms with Gasteiger partial charge in [0.15, 0.2) is 0 Å². The first-order valence-corrected chi connectivity index (χ1v) is 9.54. The molecule has 0 spiro atoms. The maximum Gasteiger partial charge on any atom is 0.0199 e. The standard InChI is InChI=1S/C27H24/c1-21-17-19-25(20-18-21)27(24-15-9-4-10-16-24)26(22-11-5-2-6-12-22)23-13-7-3-8-14-23/h2-20,26-27H,1H3. The van der Waals surface area contributed by atoms with Crippen LogP contribution in [0, 0.1) is 6.92 Å². The fourth-order valence-corrected chi connectivity index (χ4v) is 3.91. The van der Waals surface area contributed by atoms with E-state index < -0.39 is 0 Å². The van der Waals surface area contributed by atoms with E-state index in [1.54, 1.807) is 0 Å². The molecule has 1 atom stereocenters. The molecule has 132 valence electrons. The Morgan fingerprint density at radius 1 is 0.370 bits per heavy atom. The predicted molar refractivity (Wildman–Crippen MR) is 114 cm³/mol. The average Bonchev–Trinajstić information content (AvgIpc) is 2.75. The van der Waals surface area contributed by atoms with Gasteiger partial charge in [-0.2, -0.15) is 0 Å². The molecule has 0 saturated carbocycles. The largest absolute Gasteiger partial charge is 0.0622 e. The maximum atomic E-state index is 2.28. The van der Waals surface area contributed by atoms with Gasteiger partial charge in [0.1, 0.15) is 0 Å². The van der Waals surface area contributed by atoms with E-state index in [-0.39, 0.29) is 11.8 Å². The monoisotopic (exact) mass is 348 g/mol. The van der Waals surface area contributed by atoms with E-state index in [9.17, 15) is 0 Å². The van der Waals surface area contributed by atoms with Crippen molar-refractivity contribution in [2.75, 3.05) is 0 Å². The first kappa shape index (κ1) is 17.3. The lowest BCUT2D eigenvalue weighted by molar-refractivity contribution is 0.694. The molecule has 0 nitrogen and oxygen atoms in total. The van der Waals surface area contributed by atoms with E-state index in [1.807, 2.05) is 0 Å². The predicted octanol–water partition coefficient (Wildman–Crippen LogP) is 6.96. The minimum Gasteiger partial charge on any atom is -0.0622 e. The van der Waals surface area contributed by atoms with Gasteiger partial charge in [0.25, 0.3) is 0 Å². The van der Waals surface area contributed by atoms with Crippen LogP contribution in [0.5, 0.6) is 0 Å². The van der Waals surface area contributed by atoms with E-state index in [0.717, 1.165) is 0 Å². The molecule has 4 aromatic carbocycles. The summed E-state index contributed by atoms with van der Waals surface area (Å²) in [6.07, 6.45) is 0. The average molecular weight is 348 g/mol. The lowest BCUT2D eigenvalue weighted by Crippen LogP contribution is -2.14. The zero-order valence-electron chi connectivity index (χ0n) is 15.6. The highest BCUT2D eigenvalue weighted by atomic mass is 14.3. The van der Waals surface area contributed by atoms with Gasteiger partial charge >= 0.3 is 0 Å². The number of rotatable bonds is 5. The Hall–Kier alpha value is -3.12. The van der Waals surface area contributed by atoms with Crippen molar-refractivity contribution in [2.24, 2.45) is 0 Å². The zero-order valence-corrected chi connectivity index (χ0v) is 15.6. The summed E-state index contributed by atoms with van der Waals surface area (Å²) in [6, 6.07) is 41.6. The Labute approximate surface area is 162 Å². The molecule has 0 saturated heterocycles. The molecule has 0 bridgehead atoms. The van der Waals surface area contributed by atoms with Gasteiger partial charge in [-0.3, -0.25) is 0 Å². The first-order chi connectivity index (χ1) is 13.3. The highest BCUT2D eigenvalue weighted by Gasteiger charge is 2.27. The summed E-state index contributed by atoms with van der Waals surface area (Å²) in [5, 5.41) is 0. The van der Waals surface area contributed by atoms with Gasteiger partial charge in [0.2, 0.25) is 0 Å². The van der Waals surface area contributed by atoms with Crippen molar-refractivity contribution in [1.29, 1.82) is 0 Å². The SMILES string of the molecule is Cc1ccc(C(c2ccccc2)C(c2ccccc2)c2ccccc2)cc1. The van der Waals surface area contributed by atoms with Crippen LogP contribution in [0.15, 0.2) is 115 Å². The molecule has 0 heterocycles. The summed E-state index contributed by atoms with van der Waals surface area (Å²) in [5.41, 5.74) is 6.68. The molecule has 0 aliphatic carbocycles. The third-order valence-electron chi connectivity index (χ3n) is 5.25. The normalized spacial score (nSPS) is 12.1. The maximum absolute atomic E-state index is 2.28. The molecular weight excluding hydrogens is 324 g/mol. The molecule has 0 aliphatic rings. The van der Waals surface area contributed by atoms with Crippen molar-refractivity contribution < 1.29 is 0 Å². The number of benzene rings is 4. The Kier molecular flexibility index (Phi) is 5.16. The highest BCUT2D eigenvalue weighted by molar-refractivity contribution is 5.45. The highest BCUT2D eigenvalue weighted by Crippen LogP contribution is 2.42. The van der Waals surface area contributed by atoms with Crippen molar-refractivity contribution in [1.82, 2.24) is 0 Å². The van der Waals surface area contributed by atoms with E-state index in [2.05, 4.69) is 122 Å². The molecule has 0 heteroatoms. The molecule has 4 rings (SSSR count). The smallest absolute Gasteiger partial charge is 0.0199 e. The van der Waals surface area contributed by atoms with Crippen LogP contribution in [-0.2, 0) is 0 Å². The third-order valence-corrected chi connectivity index (χ3v) is 5.25. The minimum atomic E-state index is 0.261. The fourth-order valence-electron chi connectivity index (χ4n) is 3.91. The topological polar surface area (TPSA) is 0 Å². The molecule has 0 fully saturated rings. The van der Waals surface area contributed by atoms with Crippen molar-refractivity contribution in [3.8, 4) is 0 Å². The van der Waals surface area contributed by atoms with Gasteiger partial charge in [-0.1, -0.05) is 121 Å². The Balaban J connectivity index is 1.93. The molecule has 0 aliphatic heterocycles. The second kappa shape index (κ2) is 8.05. The van der Waals surface area contributed by atoms with Crippen molar-refractivity contribution in [3.05, 3.63) is 143 Å². The molecule has 0 radical (unpaired) electrons. The second-order valence-electron chi connectivity index (χ2n) is 7.10. The first-order valence-electron chi connectivity index (χ1n) is 9.54. The molecule has 1 unspecified atom stereocenters. The van der Waals surface area contributed by atoms with Gasteiger partial charge in [0.05, 0.1) is 0 Å². The molecule has 4 aromatic rings. The van der Waals surface area contributed by atoms with Crippen LogP contribution in [0.1, 0.15) is 39.7 Å².